The fraction of sp³-hybridized carbons (Fsp3) is 0.143. The van der Waals surface area contributed by atoms with Crippen LogP contribution in [0.4, 0.5) is 0 Å². The topological polar surface area (TPSA) is 18.5 Å². The molecule has 0 radical (unpaired) electrons. The second-order valence-corrected chi connectivity index (χ2v) is 6.92. The number of ether oxygens (including phenoxy) is 2. The van der Waals surface area contributed by atoms with E-state index in [1.807, 2.05) is 24.3 Å². The van der Waals surface area contributed by atoms with Gasteiger partial charge in [-0.25, -0.2) is 0 Å². The van der Waals surface area contributed by atoms with Gasteiger partial charge in [0.25, 0.3) is 0 Å². The van der Waals surface area contributed by atoms with Crippen molar-refractivity contribution < 1.29 is 9.47 Å². The van der Waals surface area contributed by atoms with Crippen molar-refractivity contribution >= 4 is 12.2 Å². The third kappa shape index (κ3) is 6.52. The predicted octanol–water partition coefficient (Wildman–Crippen LogP) is 4.86. The van der Waals surface area contributed by atoms with Crippen LogP contribution in [-0.2, 0) is 12.8 Å². The van der Waals surface area contributed by atoms with Crippen molar-refractivity contribution in [3.8, 4) is 11.5 Å². The average Bonchev–Trinajstić information content (AvgIpc) is 2.81. The van der Waals surface area contributed by atoms with Gasteiger partial charge in [0.15, 0.2) is 0 Å². The summed E-state index contributed by atoms with van der Waals surface area (Å²) in [6, 6.07) is 24.8. The number of hydrogen-bond donors (Lipinski definition) is 0. The van der Waals surface area contributed by atoms with Gasteiger partial charge in [-0.05, 0) is 58.7 Å². The standard InChI is InChI=1S/C28H28O2/c1-29-27-19-15-23(16-20-27)9-3-5-11-25-13-7-8-14-26(25)12-6-4-10-24-17-21-28(30-2)22-18-24/h3-8,11-22H,9-10H2,1-2H3/b5-3+,6-4+,25-11-,26-12+. The summed E-state index contributed by atoms with van der Waals surface area (Å²) in [7, 11) is 3.37. The first kappa shape index (κ1) is 21.2. The van der Waals surface area contributed by atoms with Crippen molar-refractivity contribution in [3.63, 3.8) is 0 Å². The highest BCUT2D eigenvalue weighted by Crippen LogP contribution is 2.12. The Balaban J connectivity index is 1.64. The number of rotatable bonds is 8. The largest absolute Gasteiger partial charge is 0.497 e. The summed E-state index contributed by atoms with van der Waals surface area (Å²) in [5.74, 6) is 1.78. The van der Waals surface area contributed by atoms with Gasteiger partial charge in [0.05, 0.1) is 14.2 Å². The molecule has 2 nitrogen and oxygen atoms in total. The first-order valence-electron chi connectivity index (χ1n) is 10.1. The lowest BCUT2D eigenvalue weighted by Gasteiger charge is -2.00. The van der Waals surface area contributed by atoms with Crippen molar-refractivity contribution in [1.29, 1.82) is 0 Å². The predicted molar refractivity (Wildman–Crippen MR) is 126 cm³/mol. The number of allylic oxidation sites excluding steroid dienone is 4. The van der Waals surface area contributed by atoms with Crippen LogP contribution in [0.1, 0.15) is 11.1 Å². The molecule has 0 N–H and O–H groups in total. The minimum absolute atomic E-state index is 0.888. The lowest BCUT2D eigenvalue weighted by atomic mass is 10.1. The molecule has 0 heterocycles. The smallest absolute Gasteiger partial charge is 0.118 e. The molecule has 0 unspecified atom stereocenters. The lowest BCUT2D eigenvalue weighted by molar-refractivity contribution is 0.414. The molecule has 3 rings (SSSR count). The first-order chi connectivity index (χ1) is 14.8. The molecule has 152 valence electrons. The molecule has 3 aromatic rings. The number of benzene rings is 3. The summed E-state index contributed by atoms with van der Waals surface area (Å²) in [5, 5.41) is 2.41. The average molecular weight is 397 g/mol. The molecule has 2 heteroatoms. The molecule has 0 aliphatic carbocycles. The van der Waals surface area contributed by atoms with Gasteiger partial charge in [0, 0.05) is 0 Å². The van der Waals surface area contributed by atoms with E-state index in [9.17, 15) is 0 Å². The number of methoxy groups -OCH3 is 2. The Morgan fingerprint density at radius 2 is 0.967 bits per heavy atom. The second kappa shape index (κ2) is 11.5. The van der Waals surface area contributed by atoms with E-state index in [0.717, 1.165) is 24.3 Å². The van der Waals surface area contributed by atoms with Gasteiger partial charge in [0.1, 0.15) is 11.5 Å². The van der Waals surface area contributed by atoms with Crippen LogP contribution >= 0.6 is 0 Å². The molecule has 0 aliphatic rings. The Hall–Kier alpha value is -3.52. The van der Waals surface area contributed by atoms with Crippen molar-refractivity contribution in [2.24, 2.45) is 0 Å². The molecule has 0 saturated carbocycles. The van der Waals surface area contributed by atoms with Crippen LogP contribution in [0.2, 0.25) is 0 Å². The molecule has 0 spiro atoms. The molecular weight excluding hydrogens is 368 g/mol. The quantitative estimate of drug-likeness (QED) is 0.541. The second-order valence-electron chi connectivity index (χ2n) is 6.92. The summed E-state index contributed by atoms with van der Waals surface area (Å²) < 4.78 is 10.4. The van der Waals surface area contributed by atoms with Gasteiger partial charge in [0.2, 0.25) is 0 Å². The minimum Gasteiger partial charge on any atom is -0.497 e. The molecule has 0 aromatic heterocycles. The maximum atomic E-state index is 5.20. The monoisotopic (exact) mass is 396 g/mol. The molecule has 0 saturated heterocycles. The Kier molecular flexibility index (Phi) is 8.11. The number of hydrogen-bond acceptors (Lipinski definition) is 2. The molecule has 0 fully saturated rings. The highest BCUT2D eigenvalue weighted by molar-refractivity contribution is 5.44. The highest BCUT2D eigenvalue weighted by Gasteiger charge is 1.92. The zero-order valence-electron chi connectivity index (χ0n) is 17.6. The summed E-state index contributed by atoms with van der Waals surface area (Å²) in [6.45, 7) is 0. The fourth-order valence-electron chi connectivity index (χ4n) is 3.09. The van der Waals surface area contributed by atoms with Crippen molar-refractivity contribution in [2.75, 3.05) is 14.2 Å². The van der Waals surface area contributed by atoms with Crippen LogP contribution < -0.4 is 19.9 Å². The van der Waals surface area contributed by atoms with Gasteiger partial charge in [-0.3, -0.25) is 0 Å². The van der Waals surface area contributed by atoms with Gasteiger partial charge in [-0.15, -0.1) is 0 Å². The normalized spacial score (nSPS) is 12.7. The van der Waals surface area contributed by atoms with Crippen LogP contribution in [0, 0.1) is 0 Å². The molecular formula is C28H28O2. The van der Waals surface area contributed by atoms with Crippen LogP contribution in [0.15, 0.2) is 97.1 Å². The van der Waals surface area contributed by atoms with Gasteiger partial charge in [-0.2, -0.15) is 0 Å². The van der Waals surface area contributed by atoms with Crippen LogP contribution in [0.25, 0.3) is 12.2 Å². The summed E-state index contributed by atoms with van der Waals surface area (Å²) in [6.07, 6.45) is 14.7. The summed E-state index contributed by atoms with van der Waals surface area (Å²) in [5.41, 5.74) is 2.53. The maximum Gasteiger partial charge on any atom is 0.118 e. The van der Waals surface area contributed by atoms with Crippen molar-refractivity contribution in [2.45, 2.75) is 12.8 Å². The zero-order chi connectivity index (χ0) is 21.0. The van der Waals surface area contributed by atoms with E-state index in [2.05, 4.69) is 85.0 Å². The molecule has 0 bridgehead atoms. The van der Waals surface area contributed by atoms with Crippen LogP contribution in [0.3, 0.4) is 0 Å². The Morgan fingerprint density at radius 1 is 0.567 bits per heavy atom. The van der Waals surface area contributed by atoms with Gasteiger partial charge >= 0.3 is 0 Å². The summed E-state index contributed by atoms with van der Waals surface area (Å²) in [4.78, 5) is 0. The Morgan fingerprint density at radius 3 is 1.33 bits per heavy atom. The minimum atomic E-state index is 0.888. The third-order valence-electron chi connectivity index (χ3n) is 4.84. The van der Waals surface area contributed by atoms with E-state index in [0.29, 0.717) is 0 Å². The van der Waals surface area contributed by atoms with Crippen molar-refractivity contribution in [3.05, 3.63) is 119 Å². The molecule has 3 aromatic carbocycles. The summed E-state index contributed by atoms with van der Waals surface area (Å²) >= 11 is 0. The van der Waals surface area contributed by atoms with E-state index in [-0.39, 0.29) is 0 Å². The molecule has 30 heavy (non-hydrogen) atoms. The molecule has 0 aliphatic heterocycles. The third-order valence-corrected chi connectivity index (χ3v) is 4.84. The van der Waals surface area contributed by atoms with E-state index in [1.165, 1.54) is 21.6 Å². The van der Waals surface area contributed by atoms with Crippen LogP contribution in [-0.4, -0.2) is 14.2 Å². The zero-order valence-corrected chi connectivity index (χ0v) is 17.6. The lowest BCUT2D eigenvalue weighted by Crippen LogP contribution is -2.22. The SMILES string of the molecule is COc1ccc(C/C=C/C=c2/cccc/c2=C\C=C\Cc2ccc(OC)cc2)cc1. The molecule has 0 atom stereocenters. The van der Waals surface area contributed by atoms with E-state index in [4.69, 9.17) is 9.47 Å². The fourth-order valence-corrected chi connectivity index (χ4v) is 3.09. The maximum absolute atomic E-state index is 5.20. The van der Waals surface area contributed by atoms with E-state index < -0.39 is 0 Å². The van der Waals surface area contributed by atoms with E-state index >= 15 is 0 Å². The first-order valence-corrected chi connectivity index (χ1v) is 10.1. The van der Waals surface area contributed by atoms with Crippen LogP contribution in [0.5, 0.6) is 11.5 Å². The van der Waals surface area contributed by atoms with E-state index in [1.54, 1.807) is 14.2 Å². The Labute approximate surface area is 179 Å². The Bertz CT molecular complexity index is 998. The van der Waals surface area contributed by atoms with Crippen molar-refractivity contribution in [1.82, 2.24) is 0 Å². The molecule has 0 amide bonds. The highest BCUT2D eigenvalue weighted by atomic mass is 16.5. The van der Waals surface area contributed by atoms with Gasteiger partial charge in [-0.1, -0.05) is 85.0 Å². The van der Waals surface area contributed by atoms with Gasteiger partial charge < -0.3 is 9.47 Å².